The third kappa shape index (κ3) is 2.40. The van der Waals surface area contributed by atoms with Crippen LogP contribution in [0.2, 0.25) is 0 Å². The predicted octanol–water partition coefficient (Wildman–Crippen LogP) is 3.80. The molecule has 0 atom stereocenters. The Kier molecular flexibility index (Phi) is 3.41. The fraction of sp³-hybridized carbons (Fsp3) is 0.400. The molecule has 1 heterocycles. The van der Waals surface area contributed by atoms with Gasteiger partial charge in [-0.2, -0.15) is 0 Å². The fourth-order valence-corrected chi connectivity index (χ4v) is 2.01. The number of hydrogen-bond donors (Lipinski definition) is 0. The summed E-state index contributed by atoms with van der Waals surface area (Å²) in [7, 11) is 0. The summed E-state index contributed by atoms with van der Waals surface area (Å²) >= 11 is 0. The van der Waals surface area contributed by atoms with Gasteiger partial charge in [0.05, 0.1) is 11.3 Å². The molecule has 0 saturated heterocycles. The lowest BCUT2D eigenvalue weighted by Crippen LogP contribution is -2.00. The van der Waals surface area contributed by atoms with E-state index >= 15 is 0 Å². The first kappa shape index (κ1) is 12.7. The minimum absolute atomic E-state index is 0.505. The highest BCUT2D eigenvalue weighted by atomic mass is 16.5. The summed E-state index contributed by atoms with van der Waals surface area (Å²) in [4.78, 5) is 0. The number of hydrogen-bond acceptors (Lipinski definition) is 3. The molecule has 0 N–H and O–H groups in total. The standard InChI is InChI=1S/C15H19NO2/c1-9-6-10(2)11(3)15(7-9)17-8-14-12(4)16-18-13(14)5/h6-7H,8H2,1-5H3. The Morgan fingerprint density at radius 2 is 1.83 bits per heavy atom. The largest absolute Gasteiger partial charge is 0.488 e. The molecule has 3 nitrogen and oxygen atoms in total. The van der Waals surface area contributed by atoms with Crippen LogP contribution in [-0.2, 0) is 6.61 Å². The zero-order valence-corrected chi connectivity index (χ0v) is 11.6. The maximum atomic E-state index is 5.90. The third-order valence-electron chi connectivity index (χ3n) is 3.32. The van der Waals surface area contributed by atoms with Gasteiger partial charge >= 0.3 is 0 Å². The second kappa shape index (κ2) is 4.84. The normalized spacial score (nSPS) is 10.7. The summed E-state index contributed by atoms with van der Waals surface area (Å²) in [6.45, 7) is 10.6. The van der Waals surface area contributed by atoms with E-state index in [4.69, 9.17) is 9.26 Å². The van der Waals surface area contributed by atoms with Crippen molar-refractivity contribution in [1.82, 2.24) is 5.16 Å². The maximum absolute atomic E-state index is 5.90. The van der Waals surface area contributed by atoms with E-state index in [0.717, 1.165) is 22.8 Å². The molecule has 0 aliphatic carbocycles. The van der Waals surface area contributed by atoms with Crippen LogP contribution in [0.15, 0.2) is 16.7 Å². The van der Waals surface area contributed by atoms with Gasteiger partial charge in [-0.15, -0.1) is 0 Å². The molecule has 1 aromatic carbocycles. The van der Waals surface area contributed by atoms with Gasteiger partial charge in [0.1, 0.15) is 18.1 Å². The van der Waals surface area contributed by atoms with Crippen LogP contribution in [0.25, 0.3) is 0 Å². The van der Waals surface area contributed by atoms with E-state index in [2.05, 4.69) is 38.1 Å². The molecule has 0 unspecified atom stereocenters. The molecule has 0 saturated carbocycles. The van der Waals surface area contributed by atoms with E-state index in [1.165, 1.54) is 16.7 Å². The predicted molar refractivity (Wildman–Crippen MR) is 71.0 cm³/mol. The molecule has 0 fully saturated rings. The van der Waals surface area contributed by atoms with Gasteiger partial charge in [-0.3, -0.25) is 0 Å². The van der Waals surface area contributed by atoms with Crippen LogP contribution in [0.4, 0.5) is 0 Å². The smallest absolute Gasteiger partial charge is 0.140 e. The lowest BCUT2D eigenvalue weighted by molar-refractivity contribution is 0.299. The van der Waals surface area contributed by atoms with Gasteiger partial charge in [0.2, 0.25) is 0 Å². The van der Waals surface area contributed by atoms with Crippen molar-refractivity contribution in [3.63, 3.8) is 0 Å². The second-order valence-corrected chi connectivity index (χ2v) is 4.80. The summed E-state index contributed by atoms with van der Waals surface area (Å²) in [6.07, 6.45) is 0. The molecule has 2 rings (SSSR count). The van der Waals surface area contributed by atoms with Crippen molar-refractivity contribution in [1.29, 1.82) is 0 Å². The van der Waals surface area contributed by atoms with Gasteiger partial charge in [0, 0.05) is 0 Å². The highest BCUT2D eigenvalue weighted by Gasteiger charge is 2.11. The Morgan fingerprint density at radius 1 is 1.11 bits per heavy atom. The van der Waals surface area contributed by atoms with Gasteiger partial charge in [0.15, 0.2) is 0 Å². The molecule has 96 valence electrons. The van der Waals surface area contributed by atoms with Gasteiger partial charge in [-0.25, -0.2) is 0 Å². The van der Waals surface area contributed by atoms with Crippen molar-refractivity contribution >= 4 is 0 Å². The summed E-state index contributed by atoms with van der Waals surface area (Å²) in [5.74, 6) is 1.77. The van der Waals surface area contributed by atoms with Crippen molar-refractivity contribution in [3.05, 3.63) is 45.8 Å². The summed E-state index contributed by atoms with van der Waals surface area (Å²) < 4.78 is 11.0. The van der Waals surface area contributed by atoms with E-state index in [1.807, 2.05) is 13.8 Å². The van der Waals surface area contributed by atoms with Crippen LogP contribution in [0.1, 0.15) is 33.7 Å². The zero-order valence-electron chi connectivity index (χ0n) is 11.6. The maximum Gasteiger partial charge on any atom is 0.140 e. The minimum Gasteiger partial charge on any atom is -0.488 e. The van der Waals surface area contributed by atoms with Crippen LogP contribution in [0.3, 0.4) is 0 Å². The Hall–Kier alpha value is -1.77. The van der Waals surface area contributed by atoms with Crippen molar-refractivity contribution in [3.8, 4) is 5.75 Å². The number of aryl methyl sites for hydroxylation is 4. The molecule has 2 aromatic rings. The number of aromatic nitrogens is 1. The van der Waals surface area contributed by atoms with Crippen molar-refractivity contribution in [2.45, 2.75) is 41.2 Å². The molecular formula is C15H19NO2. The first-order valence-corrected chi connectivity index (χ1v) is 6.11. The highest BCUT2D eigenvalue weighted by molar-refractivity contribution is 5.42. The Labute approximate surface area is 108 Å². The molecule has 0 aliphatic heterocycles. The van der Waals surface area contributed by atoms with Gasteiger partial charge < -0.3 is 9.26 Å². The van der Waals surface area contributed by atoms with E-state index < -0.39 is 0 Å². The average Bonchev–Trinajstić information content (AvgIpc) is 2.62. The fourth-order valence-electron chi connectivity index (χ4n) is 2.01. The first-order chi connectivity index (χ1) is 8.49. The van der Waals surface area contributed by atoms with Gasteiger partial charge in [-0.1, -0.05) is 11.2 Å². The van der Waals surface area contributed by atoms with Gasteiger partial charge in [-0.05, 0) is 57.4 Å². The van der Waals surface area contributed by atoms with Gasteiger partial charge in [0.25, 0.3) is 0 Å². The van der Waals surface area contributed by atoms with Crippen LogP contribution < -0.4 is 4.74 Å². The Morgan fingerprint density at radius 3 is 2.44 bits per heavy atom. The summed E-state index contributed by atoms with van der Waals surface area (Å²) in [5, 5.41) is 3.93. The second-order valence-electron chi connectivity index (χ2n) is 4.80. The molecule has 18 heavy (non-hydrogen) atoms. The number of nitrogens with zero attached hydrogens (tertiary/aromatic N) is 1. The van der Waals surface area contributed by atoms with Crippen LogP contribution in [-0.4, -0.2) is 5.16 Å². The molecule has 3 heteroatoms. The van der Waals surface area contributed by atoms with Crippen LogP contribution >= 0.6 is 0 Å². The SMILES string of the molecule is Cc1cc(C)c(C)c(OCc2c(C)noc2C)c1. The third-order valence-corrected chi connectivity index (χ3v) is 3.32. The molecule has 0 bridgehead atoms. The number of benzene rings is 1. The van der Waals surface area contributed by atoms with E-state index in [1.54, 1.807) is 0 Å². The molecule has 0 amide bonds. The molecule has 0 radical (unpaired) electrons. The molecule has 1 aromatic heterocycles. The highest BCUT2D eigenvalue weighted by Crippen LogP contribution is 2.25. The lowest BCUT2D eigenvalue weighted by Gasteiger charge is -2.12. The zero-order chi connectivity index (χ0) is 13.3. The lowest BCUT2D eigenvalue weighted by atomic mass is 10.1. The van der Waals surface area contributed by atoms with Crippen molar-refractivity contribution in [2.75, 3.05) is 0 Å². The Bertz CT molecular complexity index is 551. The monoisotopic (exact) mass is 245 g/mol. The topological polar surface area (TPSA) is 35.3 Å². The Balaban J connectivity index is 2.21. The number of rotatable bonds is 3. The van der Waals surface area contributed by atoms with Crippen molar-refractivity contribution < 1.29 is 9.26 Å². The molecule has 0 spiro atoms. The van der Waals surface area contributed by atoms with E-state index in [9.17, 15) is 0 Å². The summed E-state index contributed by atoms with van der Waals surface area (Å²) in [5.41, 5.74) is 5.59. The quantitative estimate of drug-likeness (QED) is 0.825. The van der Waals surface area contributed by atoms with Crippen molar-refractivity contribution in [2.24, 2.45) is 0 Å². The number of ether oxygens (including phenoxy) is 1. The first-order valence-electron chi connectivity index (χ1n) is 6.11. The minimum atomic E-state index is 0.505. The van der Waals surface area contributed by atoms with E-state index in [-0.39, 0.29) is 0 Å². The van der Waals surface area contributed by atoms with Crippen LogP contribution in [0, 0.1) is 34.6 Å². The molecule has 0 aliphatic rings. The van der Waals surface area contributed by atoms with Crippen LogP contribution in [0.5, 0.6) is 5.75 Å². The average molecular weight is 245 g/mol. The summed E-state index contributed by atoms with van der Waals surface area (Å²) in [6, 6.07) is 4.23. The molecular weight excluding hydrogens is 226 g/mol. The van der Waals surface area contributed by atoms with E-state index in [0.29, 0.717) is 6.61 Å².